The number of thioether (sulfide) groups is 1. The highest BCUT2D eigenvalue weighted by molar-refractivity contribution is 8.14. The Morgan fingerprint density at radius 1 is 1.17 bits per heavy atom. The van der Waals surface area contributed by atoms with Crippen molar-refractivity contribution in [1.29, 1.82) is 0 Å². The molecule has 0 aromatic heterocycles. The second kappa shape index (κ2) is 7.79. The SMILES string of the molecule is CCC(CC)C(=O)SC(CC(=O)O)C[N+](C)(C)C. The molecule has 18 heavy (non-hydrogen) atoms. The molecule has 0 radical (unpaired) electrons. The molecule has 0 saturated carbocycles. The van der Waals surface area contributed by atoms with Crippen molar-refractivity contribution in [3.8, 4) is 0 Å². The minimum Gasteiger partial charge on any atom is -0.481 e. The molecular formula is C13H26NO3S+. The number of carboxylic acids is 1. The standard InChI is InChI=1S/C13H25NO3S/c1-6-10(7-2)13(17)18-11(8-12(15)16)9-14(3,4)5/h10-11H,6-9H2,1-5H3/p+1. The van der Waals surface area contributed by atoms with E-state index in [9.17, 15) is 9.59 Å². The topological polar surface area (TPSA) is 54.4 Å². The second-order valence-electron chi connectivity index (χ2n) is 5.64. The fourth-order valence-corrected chi connectivity index (χ4v) is 3.43. The van der Waals surface area contributed by atoms with E-state index in [0.717, 1.165) is 12.8 Å². The molecule has 0 aromatic carbocycles. The Bertz CT molecular complexity index is 282. The average molecular weight is 276 g/mol. The van der Waals surface area contributed by atoms with Gasteiger partial charge in [0.05, 0.1) is 39.4 Å². The van der Waals surface area contributed by atoms with Crippen molar-refractivity contribution in [3.63, 3.8) is 0 Å². The quantitative estimate of drug-likeness (QED) is 0.691. The zero-order chi connectivity index (χ0) is 14.3. The summed E-state index contributed by atoms with van der Waals surface area (Å²) >= 11 is 1.22. The molecule has 0 rings (SSSR count). The molecule has 1 atom stereocenters. The van der Waals surface area contributed by atoms with Crippen LogP contribution in [0.5, 0.6) is 0 Å². The first kappa shape index (κ1) is 17.4. The fourth-order valence-electron chi connectivity index (χ4n) is 1.83. The van der Waals surface area contributed by atoms with Crippen LogP contribution in [0.2, 0.25) is 0 Å². The highest BCUT2D eigenvalue weighted by atomic mass is 32.2. The maximum Gasteiger partial charge on any atom is 0.304 e. The van der Waals surface area contributed by atoms with E-state index in [0.29, 0.717) is 11.0 Å². The molecule has 0 amide bonds. The lowest BCUT2D eigenvalue weighted by Crippen LogP contribution is -2.41. The van der Waals surface area contributed by atoms with Gasteiger partial charge in [-0.15, -0.1) is 0 Å². The van der Waals surface area contributed by atoms with Crippen LogP contribution >= 0.6 is 11.8 Å². The van der Waals surface area contributed by atoms with E-state index in [2.05, 4.69) is 0 Å². The molecule has 4 nitrogen and oxygen atoms in total. The van der Waals surface area contributed by atoms with Crippen LogP contribution in [0.15, 0.2) is 0 Å². The van der Waals surface area contributed by atoms with Crippen molar-refractivity contribution >= 4 is 22.8 Å². The number of carbonyl (C=O) groups excluding carboxylic acids is 1. The average Bonchev–Trinajstić information content (AvgIpc) is 2.15. The van der Waals surface area contributed by atoms with Crippen LogP contribution in [-0.2, 0) is 9.59 Å². The Morgan fingerprint density at radius 2 is 1.67 bits per heavy atom. The molecule has 0 aromatic rings. The summed E-state index contributed by atoms with van der Waals surface area (Å²) in [5.41, 5.74) is 0. The van der Waals surface area contributed by atoms with Gasteiger partial charge in [-0.05, 0) is 12.8 Å². The van der Waals surface area contributed by atoms with Crippen LogP contribution in [0.3, 0.4) is 0 Å². The highest BCUT2D eigenvalue weighted by Gasteiger charge is 2.26. The van der Waals surface area contributed by atoms with Gasteiger partial charge in [-0.25, -0.2) is 0 Å². The molecule has 0 fully saturated rings. The predicted molar refractivity (Wildman–Crippen MR) is 75.6 cm³/mol. The summed E-state index contributed by atoms with van der Waals surface area (Å²) < 4.78 is 0.668. The maximum atomic E-state index is 12.0. The third-order valence-corrected chi connectivity index (χ3v) is 3.97. The van der Waals surface area contributed by atoms with Crippen LogP contribution in [-0.4, -0.2) is 53.6 Å². The number of nitrogens with zero attached hydrogens (tertiary/aromatic N) is 1. The van der Waals surface area contributed by atoms with Crippen molar-refractivity contribution in [2.75, 3.05) is 27.7 Å². The van der Waals surface area contributed by atoms with E-state index in [1.165, 1.54) is 11.8 Å². The zero-order valence-electron chi connectivity index (χ0n) is 12.1. The number of carboxylic acid groups (broad SMARTS) is 1. The third-order valence-electron chi connectivity index (χ3n) is 2.76. The van der Waals surface area contributed by atoms with E-state index < -0.39 is 5.97 Å². The van der Waals surface area contributed by atoms with Gasteiger partial charge >= 0.3 is 5.97 Å². The van der Waals surface area contributed by atoms with E-state index in [4.69, 9.17) is 5.11 Å². The van der Waals surface area contributed by atoms with Crippen molar-refractivity contribution in [1.82, 2.24) is 0 Å². The van der Waals surface area contributed by atoms with E-state index in [1.54, 1.807) is 0 Å². The highest BCUT2D eigenvalue weighted by Crippen LogP contribution is 2.25. The van der Waals surface area contributed by atoms with Gasteiger partial charge in [0.2, 0.25) is 0 Å². The Balaban J connectivity index is 4.58. The number of hydrogen-bond acceptors (Lipinski definition) is 3. The lowest BCUT2D eigenvalue weighted by atomic mass is 10.1. The van der Waals surface area contributed by atoms with Gasteiger partial charge in [-0.2, -0.15) is 0 Å². The largest absolute Gasteiger partial charge is 0.481 e. The molecule has 0 heterocycles. The zero-order valence-corrected chi connectivity index (χ0v) is 12.9. The fraction of sp³-hybridized carbons (Fsp3) is 0.846. The summed E-state index contributed by atoms with van der Waals surface area (Å²) in [5.74, 6) is -0.780. The summed E-state index contributed by atoms with van der Waals surface area (Å²) in [5, 5.41) is 8.91. The number of hydrogen-bond donors (Lipinski definition) is 1. The Kier molecular flexibility index (Phi) is 7.55. The van der Waals surface area contributed by atoms with Crippen molar-refractivity contribution in [2.45, 2.75) is 38.4 Å². The third kappa shape index (κ3) is 7.71. The van der Waals surface area contributed by atoms with Crippen LogP contribution in [0.25, 0.3) is 0 Å². The number of quaternary nitrogens is 1. The van der Waals surface area contributed by atoms with E-state index in [-0.39, 0.29) is 22.7 Å². The van der Waals surface area contributed by atoms with Crippen LogP contribution in [0, 0.1) is 5.92 Å². The van der Waals surface area contributed by atoms with Crippen LogP contribution in [0.4, 0.5) is 0 Å². The molecular weight excluding hydrogens is 250 g/mol. The molecule has 106 valence electrons. The molecule has 0 saturated heterocycles. The molecule has 0 bridgehead atoms. The molecule has 1 unspecified atom stereocenters. The van der Waals surface area contributed by atoms with Gasteiger partial charge in [0.15, 0.2) is 5.12 Å². The lowest BCUT2D eigenvalue weighted by molar-refractivity contribution is -0.869. The smallest absolute Gasteiger partial charge is 0.304 e. The normalized spacial score (nSPS) is 13.7. The monoisotopic (exact) mass is 276 g/mol. The molecule has 1 N–H and O–H groups in total. The Hall–Kier alpha value is -0.550. The lowest BCUT2D eigenvalue weighted by Gasteiger charge is -2.28. The van der Waals surface area contributed by atoms with Gasteiger partial charge in [0.1, 0.15) is 0 Å². The van der Waals surface area contributed by atoms with E-state index >= 15 is 0 Å². The van der Waals surface area contributed by atoms with Gasteiger partial charge in [0.25, 0.3) is 0 Å². The van der Waals surface area contributed by atoms with Crippen molar-refractivity contribution in [3.05, 3.63) is 0 Å². The first-order valence-electron chi connectivity index (χ1n) is 6.42. The molecule has 0 aliphatic rings. The maximum absolute atomic E-state index is 12.0. The predicted octanol–water partition coefficient (Wildman–Crippen LogP) is 2.23. The van der Waals surface area contributed by atoms with Crippen LogP contribution < -0.4 is 0 Å². The Morgan fingerprint density at radius 3 is 2.00 bits per heavy atom. The first-order chi connectivity index (χ1) is 8.19. The summed E-state index contributed by atoms with van der Waals surface area (Å²) in [6, 6.07) is 0. The summed E-state index contributed by atoms with van der Waals surface area (Å²) in [4.78, 5) is 22.9. The van der Waals surface area contributed by atoms with Gasteiger partial charge in [-0.3, -0.25) is 9.59 Å². The molecule has 5 heteroatoms. The van der Waals surface area contributed by atoms with Gasteiger partial charge < -0.3 is 9.59 Å². The molecule has 0 aliphatic heterocycles. The molecule has 0 spiro atoms. The Labute approximate surface area is 114 Å². The van der Waals surface area contributed by atoms with Gasteiger partial charge in [0, 0.05) is 5.92 Å². The van der Waals surface area contributed by atoms with Crippen LogP contribution in [0.1, 0.15) is 33.1 Å². The number of aliphatic carboxylic acids is 1. The minimum atomic E-state index is -0.835. The van der Waals surface area contributed by atoms with Crippen molar-refractivity contribution < 1.29 is 19.2 Å². The first-order valence-corrected chi connectivity index (χ1v) is 7.30. The number of carbonyl (C=O) groups is 2. The summed E-state index contributed by atoms with van der Waals surface area (Å²) in [6.07, 6.45) is 1.70. The van der Waals surface area contributed by atoms with Crippen molar-refractivity contribution in [2.24, 2.45) is 5.92 Å². The minimum absolute atomic E-state index is 0.0477. The second-order valence-corrected chi connectivity index (χ2v) is 6.95. The summed E-state index contributed by atoms with van der Waals surface area (Å²) in [7, 11) is 6.03. The van der Waals surface area contributed by atoms with Gasteiger partial charge in [-0.1, -0.05) is 25.6 Å². The summed E-state index contributed by atoms with van der Waals surface area (Å²) in [6.45, 7) is 4.68. The number of rotatable bonds is 8. The van der Waals surface area contributed by atoms with E-state index in [1.807, 2.05) is 35.0 Å². The molecule has 0 aliphatic carbocycles.